The van der Waals surface area contributed by atoms with Crippen LogP contribution in [0, 0.1) is 0 Å². The van der Waals surface area contributed by atoms with E-state index in [0.29, 0.717) is 11.4 Å². The second-order valence-electron chi connectivity index (χ2n) is 3.59. The van der Waals surface area contributed by atoms with Crippen LogP contribution in [0.1, 0.15) is 6.92 Å². The van der Waals surface area contributed by atoms with E-state index in [0.717, 1.165) is 0 Å². The summed E-state index contributed by atoms with van der Waals surface area (Å²) in [5.74, 6) is 0.264. The average Bonchev–Trinajstić information content (AvgIpc) is 2.30. The lowest BCUT2D eigenvalue weighted by atomic mass is 10.1. The standard InChI is InChI=1S/C11H14BrNO3/c1-11(15,7-12)10(14)13-8-3-5-9(16-2)6-4-8/h3-6,15H,7H2,1-2H3,(H,13,14). The lowest BCUT2D eigenvalue weighted by molar-refractivity contribution is -0.130. The summed E-state index contributed by atoms with van der Waals surface area (Å²) in [5.41, 5.74) is -0.799. The van der Waals surface area contributed by atoms with Crippen LogP contribution in [0.5, 0.6) is 5.75 Å². The van der Waals surface area contributed by atoms with E-state index in [1.165, 1.54) is 6.92 Å². The van der Waals surface area contributed by atoms with Crippen molar-refractivity contribution in [1.29, 1.82) is 0 Å². The highest BCUT2D eigenvalue weighted by Crippen LogP contribution is 2.17. The van der Waals surface area contributed by atoms with Crippen molar-refractivity contribution < 1.29 is 14.6 Å². The number of aliphatic hydroxyl groups is 1. The molecular weight excluding hydrogens is 274 g/mol. The van der Waals surface area contributed by atoms with Crippen LogP contribution >= 0.6 is 15.9 Å². The number of anilines is 1. The van der Waals surface area contributed by atoms with E-state index in [-0.39, 0.29) is 5.33 Å². The number of amides is 1. The van der Waals surface area contributed by atoms with Crippen molar-refractivity contribution in [2.75, 3.05) is 17.8 Å². The van der Waals surface area contributed by atoms with Crippen LogP contribution in [0.25, 0.3) is 0 Å². The van der Waals surface area contributed by atoms with Crippen LogP contribution < -0.4 is 10.1 Å². The second kappa shape index (κ2) is 5.32. The quantitative estimate of drug-likeness (QED) is 0.830. The van der Waals surface area contributed by atoms with Gasteiger partial charge in [-0.15, -0.1) is 0 Å². The molecule has 0 fully saturated rings. The first-order valence-electron chi connectivity index (χ1n) is 4.73. The second-order valence-corrected chi connectivity index (χ2v) is 4.15. The van der Waals surface area contributed by atoms with Gasteiger partial charge in [-0.25, -0.2) is 0 Å². The maximum atomic E-state index is 11.6. The van der Waals surface area contributed by atoms with Crippen LogP contribution in [0.15, 0.2) is 24.3 Å². The third-order valence-corrected chi connectivity index (χ3v) is 3.19. The summed E-state index contributed by atoms with van der Waals surface area (Å²) >= 11 is 3.08. The minimum absolute atomic E-state index is 0.183. The van der Waals surface area contributed by atoms with Gasteiger partial charge in [0.05, 0.1) is 7.11 Å². The molecule has 0 aliphatic carbocycles. The van der Waals surface area contributed by atoms with E-state index in [2.05, 4.69) is 21.2 Å². The summed E-state index contributed by atoms with van der Waals surface area (Å²) in [6.07, 6.45) is 0. The van der Waals surface area contributed by atoms with Crippen LogP contribution in [0.4, 0.5) is 5.69 Å². The molecule has 4 nitrogen and oxygen atoms in total. The molecule has 1 aromatic rings. The van der Waals surface area contributed by atoms with Crippen molar-refractivity contribution in [3.05, 3.63) is 24.3 Å². The Hall–Kier alpha value is -1.07. The molecule has 0 aliphatic heterocycles. The first kappa shape index (κ1) is 13.0. The Labute approximate surface area is 103 Å². The van der Waals surface area contributed by atoms with Crippen LogP contribution in [0.2, 0.25) is 0 Å². The van der Waals surface area contributed by atoms with Gasteiger partial charge in [0.1, 0.15) is 11.4 Å². The summed E-state index contributed by atoms with van der Waals surface area (Å²) in [7, 11) is 1.57. The number of halogens is 1. The molecule has 5 heteroatoms. The van der Waals surface area contributed by atoms with Gasteiger partial charge in [-0.1, -0.05) is 15.9 Å². The number of benzene rings is 1. The number of methoxy groups -OCH3 is 1. The Balaban J connectivity index is 2.70. The molecule has 0 saturated carbocycles. The summed E-state index contributed by atoms with van der Waals surface area (Å²) in [6, 6.07) is 6.89. The van der Waals surface area contributed by atoms with Crippen molar-refractivity contribution >= 4 is 27.5 Å². The molecule has 1 unspecified atom stereocenters. The number of nitrogens with one attached hydrogen (secondary N) is 1. The molecule has 0 spiro atoms. The summed E-state index contributed by atoms with van der Waals surface area (Å²) in [6.45, 7) is 1.45. The molecule has 2 N–H and O–H groups in total. The molecule has 16 heavy (non-hydrogen) atoms. The fourth-order valence-electron chi connectivity index (χ4n) is 1.00. The number of carbonyl (C=O) groups is 1. The zero-order chi connectivity index (χ0) is 12.2. The molecule has 88 valence electrons. The van der Waals surface area contributed by atoms with Gasteiger partial charge in [-0.05, 0) is 31.2 Å². The van der Waals surface area contributed by atoms with Gasteiger partial charge in [-0.3, -0.25) is 4.79 Å². The van der Waals surface area contributed by atoms with Crippen molar-refractivity contribution in [3.63, 3.8) is 0 Å². The Kier molecular flexibility index (Phi) is 4.32. The van der Waals surface area contributed by atoms with Gasteiger partial charge in [0, 0.05) is 11.0 Å². The minimum Gasteiger partial charge on any atom is -0.497 e. The number of carbonyl (C=O) groups excluding carboxylic acids is 1. The van der Waals surface area contributed by atoms with Crippen molar-refractivity contribution in [2.24, 2.45) is 0 Å². The topological polar surface area (TPSA) is 58.6 Å². The molecule has 1 aromatic carbocycles. The van der Waals surface area contributed by atoms with E-state index in [1.807, 2.05) is 0 Å². The van der Waals surface area contributed by atoms with E-state index in [1.54, 1.807) is 31.4 Å². The maximum Gasteiger partial charge on any atom is 0.256 e. The van der Waals surface area contributed by atoms with Crippen LogP contribution in [-0.4, -0.2) is 29.1 Å². The maximum absolute atomic E-state index is 11.6. The highest BCUT2D eigenvalue weighted by molar-refractivity contribution is 9.09. The van der Waals surface area contributed by atoms with Gasteiger partial charge in [0.2, 0.25) is 0 Å². The predicted molar refractivity (Wildman–Crippen MR) is 66.0 cm³/mol. The normalized spacial score (nSPS) is 14.0. The SMILES string of the molecule is COc1ccc(NC(=O)C(C)(O)CBr)cc1. The highest BCUT2D eigenvalue weighted by Gasteiger charge is 2.28. The van der Waals surface area contributed by atoms with Gasteiger partial charge in [-0.2, -0.15) is 0 Å². The van der Waals surface area contributed by atoms with Crippen molar-refractivity contribution in [1.82, 2.24) is 0 Å². The number of rotatable bonds is 4. The number of ether oxygens (including phenoxy) is 1. The van der Waals surface area contributed by atoms with Gasteiger partial charge >= 0.3 is 0 Å². The van der Waals surface area contributed by atoms with E-state index in [4.69, 9.17) is 4.74 Å². The van der Waals surface area contributed by atoms with Gasteiger partial charge in [0.15, 0.2) is 0 Å². The largest absolute Gasteiger partial charge is 0.497 e. The lowest BCUT2D eigenvalue weighted by Crippen LogP contribution is -2.41. The smallest absolute Gasteiger partial charge is 0.256 e. The fraction of sp³-hybridized carbons (Fsp3) is 0.364. The molecule has 0 saturated heterocycles. The van der Waals surface area contributed by atoms with Gasteiger partial charge < -0.3 is 15.2 Å². The van der Waals surface area contributed by atoms with E-state index in [9.17, 15) is 9.90 Å². The molecule has 1 atom stereocenters. The molecule has 0 radical (unpaired) electrons. The Bertz CT molecular complexity index is 362. The van der Waals surface area contributed by atoms with Crippen molar-refractivity contribution in [3.8, 4) is 5.75 Å². The first-order valence-corrected chi connectivity index (χ1v) is 5.85. The van der Waals surface area contributed by atoms with Crippen LogP contribution in [0.3, 0.4) is 0 Å². The zero-order valence-corrected chi connectivity index (χ0v) is 10.7. The third kappa shape index (κ3) is 3.21. The third-order valence-electron chi connectivity index (χ3n) is 2.10. The average molecular weight is 288 g/mol. The molecule has 0 heterocycles. The Morgan fingerprint density at radius 1 is 1.50 bits per heavy atom. The molecular formula is C11H14BrNO3. The fourth-order valence-corrected chi connectivity index (χ4v) is 1.26. The minimum atomic E-state index is -1.42. The van der Waals surface area contributed by atoms with Crippen molar-refractivity contribution in [2.45, 2.75) is 12.5 Å². The molecule has 0 aliphatic rings. The number of alkyl halides is 1. The monoisotopic (exact) mass is 287 g/mol. The summed E-state index contributed by atoms with van der Waals surface area (Å²) < 4.78 is 4.99. The summed E-state index contributed by atoms with van der Waals surface area (Å²) in [4.78, 5) is 11.6. The Morgan fingerprint density at radius 3 is 2.50 bits per heavy atom. The van der Waals surface area contributed by atoms with Gasteiger partial charge in [0.25, 0.3) is 5.91 Å². The van der Waals surface area contributed by atoms with E-state index < -0.39 is 11.5 Å². The number of hydrogen-bond acceptors (Lipinski definition) is 3. The Morgan fingerprint density at radius 2 is 2.06 bits per heavy atom. The highest BCUT2D eigenvalue weighted by atomic mass is 79.9. The van der Waals surface area contributed by atoms with E-state index >= 15 is 0 Å². The summed E-state index contributed by atoms with van der Waals surface area (Å²) in [5, 5.41) is 12.5. The molecule has 1 rings (SSSR count). The first-order chi connectivity index (χ1) is 7.49. The number of hydrogen-bond donors (Lipinski definition) is 2. The molecule has 0 aromatic heterocycles. The zero-order valence-electron chi connectivity index (χ0n) is 9.16. The molecule has 1 amide bonds. The predicted octanol–water partition coefficient (Wildman–Crippen LogP) is 1.78. The van der Waals surface area contributed by atoms with Crippen LogP contribution in [-0.2, 0) is 4.79 Å². The molecule has 0 bridgehead atoms. The lowest BCUT2D eigenvalue weighted by Gasteiger charge is -2.19.